The standard InChI is InChI=1S/C23H22N4O3/c1-30-13-9-10-18-17(11-13)15-7-4-8-19(22(15)25-18)24-21(28)12-20-14-5-2-3-6-16(14)23(29)27-26-20/h2-3,5-6,9-11,19,25H,4,7-8,12H2,1H3,(H,24,28)(H,27,29). The minimum atomic E-state index is -0.250. The molecule has 1 aliphatic rings. The van der Waals surface area contributed by atoms with E-state index in [4.69, 9.17) is 4.74 Å². The predicted molar refractivity (Wildman–Crippen MR) is 115 cm³/mol. The average Bonchev–Trinajstić information content (AvgIpc) is 3.15. The Morgan fingerprint density at radius 2 is 2.03 bits per heavy atom. The van der Waals surface area contributed by atoms with Gasteiger partial charge in [-0.3, -0.25) is 9.59 Å². The van der Waals surface area contributed by atoms with Gasteiger partial charge in [0.15, 0.2) is 0 Å². The summed E-state index contributed by atoms with van der Waals surface area (Å²) in [6.45, 7) is 0. The van der Waals surface area contributed by atoms with Gasteiger partial charge < -0.3 is 15.0 Å². The highest BCUT2D eigenvalue weighted by atomic mass is 16.5. The number of ether oxygens (including phenoxy) is 1. The summed E-state index contributed by atoms with van der Waals surface area (Å²) in [5.41, 5.74) is 3.68. The Kier molecular flexibility index (Phi) is 4.50. The molecule has 7 nitrogen and oxygen atoms in total. The van der Waals surface area contributed by atoms with Crippen LogP contribution in [0.25, 0.3) is 21.7 Å². The summed E-state index contributed by atoms with van der Waals surface area (Å²) in [5.74, 6) is 0.709. The fourth-order valence-corrected chi connectivity index (χ4v) is 4.42. The molecule has 1 atom stereocenters. The van der Waals surface area contributed by atoms with Gasteiger partial charge >= 0.3 is 0 Å². The summed E-state index contributed by atoms with van der Waals surface area (Å²) in [7, 11) is 1.66. The van der Waals surface area contributed by atoms with Gasteiger partial charge in [-0.2, -0.15) is 5.10 Å². The molecule has 5 rings (SSSR count). The number of aromatic nitrogens is 3. The largest absolute Gasteiger partial charge is 0.497 e. The lowest BCUT2D eigenvalue weighted by atomic mass is 9.91. The van der Waals surface area contributed by atoms with Gasteiger partial charge in [-0.25, -0.2) is 5.10 Å². The van der Waals surface area contributed by atoms with Gasteiger partial charge in [-0.15, -0.1) is 0 Å². The van der Waals surface area contributed by atoms with E-state index in [2.05, 4.69) is 20.5 Å². The number of benzene rings is 2. The zero-order valence-corrected chi connectivity index (χ0v) is 16.6. The summed E-state index contributed by atoms with van der Waals surface area (Å²) >= 11 is 0. The third kappa shape index (κ3) is 3.12. The molecular formula is C23H22N4O3. The van der Waals surface area contributed by atoms with E-state index < -0.39 is 0 Å². The van der Waals surface area contributed by atoms with Crippen LogP contribution in [0, 0.1) is 0 Å². The molecule has 1 aliphatic carbocycles. The van der Waals surface area contributed by atoms with E-state index in [1.165, 1.54) is 5.56 Å². The molecule has 0 spiro atoms. The van der Waals surface area contributed by atoms with Gasteiger partial charge in [0.1, 0.15) is 5.75 Å². The van der Waals surface area contributed by atoms with E-state index >= 15 is 0 Å². The van der Waals surface area contributed by atoms with E-state index in [9.17, 15) is 9.59 Å². The van der Waals surface area contributed by atoms with Crippen LogP contribution < -0.4 is 15.6 Å². The van der Waals surface area contributed by atoms with Crippen molar-refractivity contribution in [2.24, 2.45) is 0 Å². The molecule has 4 aromatic rings. The number of rotatable bonds is 4. The van der Waals surface area contributed by atoms with Crippen LogP contribution >= 0.6 is 0 Å². The zero-order valence-electron chi connectivity index (χ0n) is 16.6. The highest BCUT2D eigenvalue weighted by Gasteiger charge is 2.26. The van der Waals surface area contributed by atoms with E-state index in [0.29, 0.717) is 16.5 Å². The second-order valence-corrected chi connectivity index (χ2v) is 7.66. The lowest BCUT2D eigenvalue weighted by molar-refractivity contribution is -0.121. The van der Waals surface area contributed by atoms with Crippen LogP contribution in [-0.2, 0) is 17.6 Å². The first kappa shape index (κ1) is 18.4. The molecule has 1 amide bonds. The molecule has 0 bridgehead atoms. The first-order chi connectivity index (χ1) is 14.6. The van der Waals surface area contributed by atoms with Crippen molar-refractivity contribution in [3.05, 3.63) is 69.8 Å². The Morgan fingerprint density at radius 3 is 2.87 bits per heavy atom. The lowest BCUT2D eigenvalue weighted by Crippen LogP contribution is -2.32. The smallest absolute Gasteiger partial charge is 0.272 e. The molecule has 2 aromatic heterocycles. The number of carbonyl (C=O) groups is 1. The van der Waals surface area contributed by atoms with E-state index in [1.54, 1.807) is 19.2 Å². The molecule has 1 unspecified atom stereocenters. The van der Waals surface area contributed by atoms with E-state index in [0.717, 1.165) is 41.6 Å². The third-order valence-electron chi connectivity index (χ3n) is 5.85. The molecule has 0 saturated carbocycles. The maximum Gasteiger partial charge on any atom is 0.272 e. The maximum atomic E-state index is 12.9. The summed E-state index contributed by atoms with van der Waals surface area (Å²) in [6, 6.07) is 13.1. The minimum Gasteiger partial charge on any atom is -0.497 e. The second kappa shape index (κ2) is 7.33. The van der Waals surface area contributed by atoms with Crippen LogP contribution in [0.1, 0.15) is 35.8 Å². The highest BCUT2D eigenvalue weighted by molar-refractivity contribution is 5.89. The fraction of sp³-hybridized carbons (Fsp3) is 0.261. The number of methoxy groups -OCH3 is 1. The highest BCUT2D eigenvalue weighted by Crippen LogP contribution is 2.36. The second-order valence-electron chi connectivity index (χ2n) is 7.66. The zero-order chi connectivity index (χ0) is 20.7. The number of carbonyl (C=O) groups excluding carboxylic acids is 1. The molecule has 152 valence electrons. The van der Waals surface area contributed by atoms with Crippen LogP contribution in [0.2, 0.25) is 0 Å². The van der Waals surface area contributed by atoms with Crippen LogP contribution in [0.5, 0.6) is 5.75 Å². The van der Waals surface area contributed by atoms with Crippen molar-refractivity contribution < 1.29 is 9.53 Å². The van der Waals surface area contributed by atoms with Gasteiger partial charge in [-0.05, 0) is 49.1 Å². The molecule has 0 aliphatic heterocycles. The topological polar surface area (TPSA) is 99.9 Å². The van der Waals surface area contributed by atoms with Crippen LogP contribution in [0.4, 0.5) is 0 Å². The summed E-state index contributed by atoms with van der Waals surface area (Å²) in [6.07, 6.45) is 2.96. The fourth-order valence-electron chi connectivity index (χ4n) is 4.42. The SMILES string of the molecule is COc1ccc2[nH]c3c(c2c1)CCCC3NC(=O)Cc1n[nH]c(=O)c2ccccc12. The van der Waals surface area contributed by atoms with Gasteiger partial charge in [0, 0.05) is 22.0 Å². The van der Waals surface area contributed by atoms with Crippen molar-refractivity contribution >= 4 is 27.6 Å². The molecular weight excluding hydrogens is 380 g/mol. The number of nitrogens with zero attached hydrogens (tertiary/aromatic N) is 1. The summed E-state index contributed by atoms with van der Waals surface area (Å²) in [4.78, 5) is 28.3. The van der Waals surface area contributed by atoms with Crippen molar-refractivity contribution in [1.29, 1.82) is 0 Å². The first-order valence-electron chi connectivity index (χ1n) is 10.1. The number of nitrogens with one attached hydrogen (secondary N) is 3. The molecule has 0 saturated heterocycles. The van der Waals surface area contributed by atoms with Crippen LogP contribution in [-0.4, -0.2) is 28.2 Å². The van der Waals surface area contributed by atoms with E-state index in [-0.39, 0.29) is 23.9 Å². The van der Waals surface area contributed by atoms with Crippen molar-refractivity contribution in [3.8, 4) is 5.75 Å². The molecule has 0 radical (unpaired) electrons. The number of hydrogen-bond acceptors (Lipinski definition) is 4. The molecule has 0 fully saturated rings. The predicted octanol–water partition coefficient (Wildman–Crippen LogP) is 3.15. The van der Waals surface area contributed by atoms with Gasteiger partial charge in [0.05, 0.1) is 30.7 Å². The average molecular weight is 402 g/mol. The normalized spacial score (nSPS) is 15.8. The van der Waals surface area contributed by atoms with Crippen LogP contribution in [0.15, 0.2) is 47.3 Å². The number of fused-ring (bicyclic) bond motifs is 4. The van der Waals surface area contributed by atoms with Crippen molar-refractivity contribution in [2.45, 2.75) is 31.7 Å². The Balaban J connectivity index is 1.42. The molecule has 2 heterocycles. The number of hydrogen-bond donors (Lipinski definition) is 3. The van der Waals surface area contributed by atoms with Crippen molar-refractivity contribution in [1.82, 2.24) is 20.5 Å². The van der Waals surface area contributed by atoms with Crippen molar-refractivity contribution in [2.75, 3.05) is 7.11 Å². The Bertz CT molecular complexity index is 1320. The number of aryl methyl sites for hydroxylation is 1. The van der Waals surface area contributed by atoms with Gasteiger partial charge in [-0.1, -0.05) is 18.2 Å². The summed E-state index contributed by atoms with van der Waals surface area (Å²) in [5, 5.41) is 12.2. The van der Waals surface area contributed by atoms with Crippen molar-refractivity contribution in [3.63, 3.8) is 0 Å². The molecule has 30 heavy (non-hydrogen) atoms. The Labute approximate surface area is 172 Å². The van der Waals surface area contributed by atoms with E-state index in [1.807, 2.05) is 30.3 Å². The van der Waals surface area contributed by atoms with Gasteiger partial charge in [0.2, 0.25) is 5.91 Å². The Hall–Kier alpha value is -3.61. The monoisotopic (exact) mass is 402 g/mol. The Morgan fingerprint density at radius 1 is 1.20 bits per heavy atom. The third-order valence-corrected chi connectivity index (χ3v) is 5.85. The van der Waals surface area contributed by atoms with Gasteiger partial charge in [0.25, 0.3) is 5.56 Å². The summed E-state index contributed by atoms with van der Waals surface area (Å²) < 4.78 is 5.37. The molecule has 3 N–H and O–H groups in total. The van der Waals surface area contributed by atoms with Crippen LogP contribution in [0.3, 0.4) is 0 Å². The number of aromatic amines is 2. The first-order valence-corrected chi connectivity index (χ1v) is 10.1. The quantitative estimate of drug-likeness (QED) is 0.488. The number of H-pyrrole nitrogens is 2. The molecule has 2 aromatic carbocycles. The lowest BCUT2D eigenvalue weighted by Gasteiger charge is -2.24. The minimum absolute atomic E-state index is 0.0753. The maximum absolute atomic E-state index is 12.9. The number of amides is 1. The molecule has 7 heteroatoms.